The van der Waals surface area contributed by atoms with Gasteiger partial charge in [0.25, 0.3) is 0 Å². The van der Waals surface area contributed by atoms with Gasteiger partial charge in [-0.1, -0.05) is 72.4 Å². The van der Waals surface area contributed by atoms with E-state index in [2.05, 4.69) is 16.7 Å². The van der Waals surface area contributed by atoms with Crippen LogP contribution in [0.4, 0.5) is 4.79 Å². The fraction of sp³-hybridized carbons (Fsp3) is 0.310. The molecule has 2 amide bonds. The number of benzene rings is 3. The number of nitrogens with one attached hydrogen (secondary N) is 2. The Morgan fingerprint density at radius 2 is 1.74 bits per heavy atom. The third-order valence-electron chi connectivity index (χ3n) is 6.32. The Kier molecular flexibility index (Phi) is 8.93. The summed E-state index contributed by atoms with van der Waals surface area (Å²) in [5.41, 5.74) is 4.88. The number of para-hydroxylation sites is 1. The van der Waals surface area contributed by atoms with E-state index < -0.39 is 6.29 Å². The summed E-state index contributed by atoms with van der Waals surface area (Å²) < 4.78 is 15.1. The standard InChI is InChI=1S/C29H31N3O4S2/c1-2-30-28(34)31-16-19-7-13-22(14-8-19)27-35-23(15-25(36-27)21-11-9-20(17-33)10-12-21)18-37-29-32-24-5-3-4-6-26(24)38-29/h3-14,23,25,27,33H,2,15-18H2,1H3,(H2,30,31,34). The maximum Gasteiger partial charge on any atom is 0.315 e. The van der Waals surface area contributed by atoms with Crippen molar-refractivity contribution in [3.63, 3.8) is 0 Å². The van der Waals surface area contributed by atoms with E-state index >= 15 is 0 Å². The highest BCUT2D eigenvalue weighted by molar-refractivity contribution is 8.01. The van der Waals surface area contributed by atoms with Gasteiger partial charge in [0, 0.05) is 30.8 Å². The van der Waals surface area contributed by atoms with E-state index in [-0.39, 0.29) is 24.8 Å². The summed E-state index contributed by atoms with van der Waals surface area (Å²) in [6.07, 6.45) is 0.0352. The number of fused-ring (bicyclic) bond motifs is 1. The normalized spacial score (nSPS) is 19.4. The second kappa shape index (κ2) is 12.7. The number of aromatic nitrogens is 1. The highest BCUT2D eigenvalue weighted by Gasteiger charge is 2.32. The maximum atomic E-state index is 11.7. The van der Waals surface area contributed by atoms with Gasteiger partial charge in [0.15, 0.2) is 10.6 Å². The molecular formula is C29H31N3O4S2. The van der Waals surface area contributed by atoms with Gasteiger partial charge in [-0.25, -0.2) is 9.78 Å². The van der Waals surface area contributed by atoms with E-state index in [0.717, 1.165) is 44.3 Å². The Balaban J connectivity index is 1.29. The van der Waals surface area contributed by atoms with Gasteiger partial charge in [-0.05, 0) is 35.7 Å². The van der Waals surface area contributed by atoms with E-state index in [0.29, 0.717) is 13.1 Å². The molecule has 0 bridgehead atoms. The molecule has 9 heteroatoms. The summed E-state index contributed by atoms with van der Waals surface area (Å²) in [5.74, 6) is 0.763. The predicted molar refractivity (Wildman–Crippen MR) is 151 cm³/mol. The van der Waals surface area contributed by atoms with Crippen molar-refractivity contribution in [3.05, 3.63) is 95.1 Å². The van der Waals surface area contributed by atoms with Crippen molar-refractivity contribution in [2.45, 2.75) is 49.3 Å². The number of urea groups is 1. The van der Waals surface area contributed by atoms with Crippen LogP contribution in [0.3, 0.4) is 0 Å². The average Bonchev–Trinajstić information content (AvgIpc) is 3.38. The molecule has 0 aliphatic carbocycles. The Bertz CT molecular complexity index is 1310. The van der Waals surface area contributed by atoms with Crippen LogP contribution in [0.1, 0.15) is 48.0 Å². The molecule has 0 radical (unpaired) electrons. The zero-order chi connectivity index (χ0) is 26.3. The van der Waals surface area contributed by atoms with E-state index in [1.807, 2.05) is 73.7 Å². The second-order valence-electron chi connectivity index (χ2n) is 9.06. The zero-order valence-electron chi connectivity index (χ0n) is 21.1. The zero-order valence-corrected chi connectivity index (χ0v) is 22.8. The fourth-order valence-corrected chi connectivity index (χ4v) is 6.41. The molecule has 3 unspecified atom stereocenters. The third-order valence-corrected chi connectivity index (χ3v) is 8.64. The molecular weight excluding hydrogens is 518 g/mol. The minimum absolute atomic E-state index is 0.0142. The number of carbonyl (C=O) groups is 1. The van der Waals surface area contributed by atoms with Gasteiger partial charge in [0.1, 0.15) is 0 Å². The minimum atomic E-state index is -0.516. The lowest BCUT2D eigenvalue weighted by Gasteiger charge is -2.36. The number of carbonyl (C=O) groups excluding carboxylic acids is 1. The highest BCUT2D eigenvalue weighted by Crippen LogP contribution is 2.40. The lowest BCUT2D eigenvalue weighted by atomic mass is 10.0. The minimum Gasteiger partial charge on any atom is -0.392 e. The van der Waals surface area contributed by atoms with Crippen LogP contribution in [-0.4, -0.2) is 34.5 Å². The highest BCUT2D eigenvalue weighted by atomic mass is 32.2. The van der Waals surface area contributed by atoms with Gasteiger partial charge in [-0.15, -0.1) is 11.3 Å². The van der Waals surface area contributed by atoms with Gasteiger partial charge < -0.3 is 25.2 Å². The number of ether oxygens (including phenoxy) is 2. The molecule has 2 heterocycles. The number of thiazole rings is 1. The van der Waals surface area contributed by atoms with Crippen molar-refractivity contribution in [2.24, 2.45) is 0 Å². The molecule has 5 rings (SSSR count). The predicted octanol–water partition coefficient (Wildman–Crippen LogP) is 5.95. The summed E-state index contributed by atoms with van der Waals surface area (Å²) in [5, 5.41) is 15.0. The summed E-state index contributed by atoms with van der Waals surface area (Å²) in [6.45, 7) is 2.93. The van der Waals surface area contributed by atoms with Crippen molar-refractivity contribution < 1.29 is 19.4 Å². The summed E-state index contributed by atoms with van der Waals surface area (Å²) in [7, 11) is 0. The second-order valence-corrected chi connectivity index (χ2v) is 11.4. The van der Waals surface area contributed by atoms with Crippen LogP contribution in [0.15, 0.2) is 77.1 Å². The first-order valence-electron chi connectivity index (χ1n) is 12.7. The van der Waals surface area contributed by atoms with Gasteiger partial charge in [0.05, 0.1) is 29.0 Å². The Labute approximate surface area is 230 Å². The van der Waals surface area contributed by atoms with Crippen molar-refractivity contribution in [3.8, 4) is 0 Å². The number of amides is 2. The van der Waals surface area contributed by atoms with Gasteiger partial charge in [0.2, 0.25) is 0 Å². The Hall–Kier alpha value is -2.95. The van der Waals surface area contributed by atoms with Crippen molar-refractivity contribution in [2.75, 3.05) is 12.3 Å². The number of nitrogens with zero attached hydrogens (tertiary/aromatic N) is 1. The first-order chi connectivity index (χ1) is 18.6. The lowest BCUT2D eigenvalue weighted by molar-refractivity contribution is -0.245. The van der Waals surface area contributed by atoms with E-state index in [9.17, 15) is 9.90 Å². The quantitative estimate of drug-likeness (QED) is 0.224. The van der Waals surface area contributed by atoms with Crippen molar-refractivity contribution >= 4 is 39.3 Å². The molecule has 4 aromatic rings. The van der Waals surface area contributed by atoms with Gasteiger partial charge >= 0.3 is 6.03 Å². The summed E-state index contributed by atoms with van der Waals surface area (Å²) in [6, 6.07) is 23.9. The van der Waals surface area contributed by atoms with E-state index in [4.69, 9.17) is 14.5 Å². The lowest BCUT2D eigenvalue weighted by Crippen LogP contribution is -2.34. The first kappa shape index (κ1) is 26.6. The van der Waals surface area contributed by atoms with Crippen LogP contribution in [-0.2, 0) is 22.6 Å². The summed E-state index contributed by atoms with van der Waals surface area (Å²) >= 11 is 3.42. The SMILES string of the molecule is CCNC(=O)NCc1ccc(C2OC(CSc3nc4ccccc4s3)CC(c3ccc(CO)cc3)O2)cc1. The molecule has 0 saturated carbocycles. The Morgan fingerprint density at radius 1 is 1.00 bits per heavy atom. The molecule has 38 heavy (non-hydrogen) atoms. The van der Waals surface area contributed by atoms with E-state index in [1.165, 1.54) is 4.70 Å². The molecule has 0 spiro atoms. The van der Waals surface area contributed by atoms with Crippen LogP contribution in [0.25, 0.3) is 10.2 Å². The van der Waals surface area contributed by atoms with E-state index in [1.54, 1.807) is 23.1 Å². The Morgan fingerprint density at radius 3 is 2.47 bits per heavy atom. The van der Waals surface area contributed by atoms with Gasteiger partial charge in [-0.2, -0.15) is 0 Å². The monoisotopic (exact) mass is 549 g/mol. The molecule has 1 aromatic heterocycles. The number of thioether (sulfide) groups is 1. The number of hydrogen-bond donors (Lipinski definition) is 3. The third kappa shape index (κ3) is 6.73. The van der Waals surface area contributed by atoms with Crippen LogP contribution in [0.2, 0.25) is 0 Å². The number of aliphatic hydroxyl groups excluding tert-OH is 1. The molecule has 7 nitrogen and oxygen atoms in total. The van der Waals surface area contributed by atoms with Crippen LogP contribution in [0.5, 0.6) is 0 Å². The maximum absolute atomic E-state index is 11.7. The molecule has 1 aliphatic rings. The molecule has 1 fully saturated rings. The molecule has 3 atom stereocenters. The van der Waals surface area contributed by atoms with Crippen molar-refractivity contribution in [1.29, 1.82) is 0 Å². The fourth-order valence-electron chi connectivity index (χ4n) is 4.30. The molecule has 1 aliphatic heterocycles. The van der Waals surface area contributed by atoms with Gasteiger partial charge in [-0.3, -0.25) is 0 Å². The number of hydrogen-bond acceptors (Lipinski definition) is 7. The molecule has 3 aromatic carbocycles. The van der Waals surface area contributed by atoms with Crippen LogP contribution in [0, 0.1) is 0 Å². The average molecular weight is 550 g/mol. The number of rotatable bonds is 9. The molecule has 3 N–H and O–H groups in total. The number of aliphatic hydroxyl groups is 1. The van der Waals surface area contributed by atoms with Crippen LogP contribution < -0.4 is 10.6 Å². The smallest absolute Gasteiger partial charge is 0.315 e. The molecule has 198 valence electrons. The summed E-state index contributed by atoms with van der Waals surface area (Å²) in [4.78, 5) is 16.5. The largest absolute Gasteiger partial charge is 0.392 e. The van der Waals surface area contributed by atoms with Crippen LogP contribution >= 0.6 is 23.1 Å². The van der Waals surface area contributed by atoms with Crippen molar-refractivity contribution in [1.82, 2.24) is 15.6 Å². The first-order valence-corrected chi connectivity index (χ1v) is 14.5. The molecule has 1 saturated heterocycles. The topological polar surface area (TPSA) is 92.7 Å².